The summed E-state index contributed by atoms with van der Waals surface area (Å²) in [5.41, 5.74) is -1.52. The van der Waals surface area contributed by atoms with Crippen LogP contribution in [0.25, 0.3) is 0 Å². The predicted octanol–water partition coefficient (Wildman–Crippen LogP) is 1.32. The van der Waals surface area contributed by atoms with Gasteiger partial charge in [-0.3, -0.25) is 4.90 Å². The molecule has 0 unspecified atom stereocenters. The Bertz CT molecular complexity index is 568. The average molecular weight is 343 g/mol. The van der Waals surface area contributed by atoms with Crippen LogP contribution in [0.4, 0.5) is 8.78 Å². The van der Waals surface area contributed by atoms with E-state index in [9.17, 15) is 19.0 Å². The van der Waals surface area contributed by atoms with Gasteiger partial charge in [-0.15, -0.1) is 0 Å². The maximum atomic E-state index is 13.7. The monoisotopic (exact) mass is 343 g/mol. The van der Waals surface area contributed by atoms with Crippen molar-refractivity contribution < 1.29 is 28.5 Å². The second-order valence-corrected chi connectivity index (χ2v) is 6.56. The quantitative estimate of drug-likeness (QED) is 0.863. The van der Waals surface area contributed by atoms with E-state index < -0.39 is 23.3 Å². The van der Waals surface area contributed by atoms with Gasteiger partial charge in [-0.05, 0) is 31.4 Å². The van der Waals surface area contributed by atoms with Crippen molar-refractivity contribution in [3.8, 4) is 5.75 Å². The van der Waals surface area contributed by atoms with Gasteiger partial charge in [-0.1, -0.05) is 6.07 Å². The van der Waals surface area contributed by atoms with Gasteiger partial charge >= 0.3 is 0 Å². The number of halogens is 2. The SMILES string of the molecule is O[C@H]1CCN(C2CCOCC2)C[C@]1(O)COc1cccc(F)c1F. The first kappa shape index (κ1) is 17.5. The highest BCUT2D eigenvalue weighted by Crippen LogP contribution is 2.28. The van der Waals surface area contributed by atoms with Gasteiger partial charge in [0.05, 0.1) is 6.10 Å². The third-order valence-electron chi connectivity index (χ3n) is 4.89. The Hall–Kier alpha value is -1.28. The van der Waals surface area contributed by atoms with Crippen LogP contribution < -0.4 is 4.74 Å². The van der Waals surface area contributed by atoms with E-state index in [1.807, 2.05) is 0 Å². The van der Waals surface area contributed by atoms with Crippen LogP contribution in [-0.4, -0.2) is 65.8 Å². The molecule has 0 aromatic heterocycles. The summed E-state index contributed by atoms with van der Waals surface area (Å²) in [5, 5.41) is 21.0. The summed E-state index contributed by atoms with van der Waals surface area (Å²) in [6.07, 6.45) is 1.20. The number of benzene rings is 1. The fourth-order valence-corrected chi connectivity index (χ4v) is 3.39. The van der Waals surface area contributed by atoms with E-state index in [4.69, 9.17) is 9.47 Å². The first-order chi connectivity index (χ1) is 11.5. The number of aliphatic hydroxyl groups excluding tert-OH is 1. The summed E-state index contributed by atoms with van der Waals surface area (Å²) >= 11 is 0. The van der Waals surface area contributed by atoms with E-state index in [-0.39, 0.29) is 18.9 Å². The van der Waals surface area contributed by atoms with Crippen LogP contribution >= 0.6 is 0 Å². The zero-order chi connectivity index (χ0) is 17.2. The lowest BCUT2D eigenvalue weighted by atomic mass is 9.88. The van der Waals surface area contributed by atoms with Crippen LogP contribution in [0.1, 0.15) is 19.3 Å². The molecule has 2 heterocycles. The van der Waals surface area contributed by atoms with Gasteiger partial charge in [-0.2, -0.15) is 4.39 Å². The van der Waals surface area contributed by atoms with Gasteiger partial charge in [0.15, 0.2) is 11.6 Å². The van der Waals surface area contributed by atoms with Crippen LogP contribution in [0.5, 0.6) is 5.75 Å². The molecule has 0 amide bonds. The molecule has 2 aliphatic heterocycles. The first-order valence-electron chi connectivity index (χ1n) is 8.29. The molecule has 2 saturated heterocycles. The molecule has 0 bridgehead atoms. The van der Waals surface area contributed by atoms with Crippen molar-refractivity contribution in [3.63, 3.8) is 0 Å². The number of β-amino-alcohol motifs (C(OH)–C–C–N with tert-alkyl or cyclic N) is 1. The zero-order valence-corrected chi connectivity index (χ0v) is 13.5. The highest BCUT2D eigenvalue weighted by molar-refractivity contribution is 5.25. The molecule has 0 saturated carbocycles. The molecule has 134 valence electrons. The maximum absolute atomic E-state index is 13.7. The van der Waals surface area contributed by atoms with Gasteiger partial charge < -0.3 is 19.7 Å². The molecule has 24 heavy (non-hydrogen) atoms. The first-order valence-corrected chi connectivity index (χ1v) is 8.29. The summed E-state index contributed by atoms with van der Waals surface area (Å²) in [7, 11) is 0. The number of ether oxygens (including phenoxy) is 2. The van der Waals surface area contributed by atoms with Crippen molar-refractivity contribution >= 4 is 0 Å². The highest BCUT2D eigenvalue weighted by atomic mass is 19.2. The Balaban J connectivity index is 1.66. The van der Waals surface area contributed by atoms with E-state index in [1.165, 1.54) is 12.1 Å². The Morgan fingerprint density at radius 2 is 2.00 bits per heavy atom. The summed E-state index contributed by atoms with van der Waals surface area (Å²) in [4.78, 5) is 2.13. The zero-order valence-electron chi connectivity index (χ0n) is 13.5. The van der Waals surface area contributed by atoms with Crippen molar-refractivity contribution in [2.75, 3.05) is 32.9 Å². The summed E-state index contributed by atoms with van der Waals surface area (Å²) in [6, 6.07) is 3.93. The number of piperidine rings is 1. The molecule has 2 aliphatic rings. The van der Waals surface area contributed by atoms with Crippen LogP contribution in [0.2, 0.25) is 0 Å². The van der Waals surface area contributed by atoms with Crippen molar-refractivity contribution in [2.24, 2.45) is 0 Å². The van der Waals surface area contributed by atoms with Crippen LogP contribution in [-0.2, 0) is 4.74 Å². The molecule has 2 N–H and O–H groups in total. The number of hydrogen-bond acceptors (Lipinski definition) is 5. The lowest BCUT2D eigenvalue weighted by Gasteiger charge is -2.46. The number of aliphatic hydroxyl groups is 2. The largest absolute Gasteiger partial charge is 0.487 e. The van der Waals surface area contributed by atoms with E-state index in [2.05, 4.69) is 4.90 Å². The molecule has 2 fully saturated rings. The number of rotatable bonds is 4. The van der Waals surface area contributed by atoms with E-state index in [0.717, 1.165) is 18.9 Å². The Morgan fingerprint density at radius 1 is 1.25 bits per heavy atom. The van der Waals surface area contributed by atoms with Gasteiger partial charge in [-0.25, -0.2) is 4.39 Å². The normalized spacial score (nSPS) is 29.6. The Labute approximate surface area is 139 Å². The summed E-state index contributed by atoms with van der Waals surface area (Å²) in [6.45, 7) is 1.99. The van der Waals surface area contributed by atoms with Gasteiger partial charge in [0.1, 0.15) is 12.2 Å². The molecule has 2 atom stereocenters. The number of nitrogens with zero attached hydrogens (tertiary/aromatic N) is 1. The van der Waals surface area contributed by atoms with Gasteiger partial charge in [0.2, 0.25) is 5.82 Å². The third-order valence-corrected chi connectivity index (χ3v) is 4.89. The molecule has 5 nitrogen and oxygen atoms in total. The molecule has 1 aromatic rings. The Morgan fingerprint density at radius 3 is 2.75 bits per heavy atom. The lowest BCUT2D eigenvalue weighted by Crippen LogP contribution is -2.62. The van der Waals surface area contributed by atoms with Crippen molar-refractivity contribution in [3.05, 3.63) is 29.8 Å². The second-order valence-electron chi connectivity index (χ2n) is 6.56. The molecule has 0 aliphatic carbocycles. The molecule has 7 heteroatoms. The second kappa shape index (κ2) is 7.31. The van der Waals surface area contributed by atoms with E-state index in [0.29, 0.717) is 32.2 Å². The maximum Gasteiger partial charge on any atom is 0.200 e. The predicted molar refractivity (Wildman–Crippen MR) is 82.8 cm³/mol. The standard InChI is InChI=1S/C17H23F2NO4/c18-13-2-1-3-14(16(13)19)24-11-17(22)10-20(7-4-15(17)21)12-5-8-23-9-6-12/h1-3,12,15,21-22H,4-11H2/t15-,17-/m0/s1. The van der Waals surface area contributed by atoms with Crippen molar-refractivity contribution in [2.45, 2.75) is 37.0 Å². The van der Waals surface area contributed by atoms with Crippen molar-refractivity contribution in [1.82, 2.24) is 4.90 Å². The summed E-state index contributed by atoms with van der Waals surface area (Å²) in [5.74, 6) is -2.36. The molecule has 3 rings (SSSR count). The minimum absolute atomic E-state index is 0.232. The molecule has 0 spiro atoms. The van der Waals surface area contributed by atoms with E-state index >= 15 is 0 Å². The van der Waals surface area contributed by atoms with Crippen LogP contribution in [0.3, 0.4) is 0 Å². The molecular formula is C17H23F2NO4. The van der Waals surface area contributed by atoms with Crippen LogP contribution in [0.15, 0.2) is 18.2 Å². The minimum Gasteiger partial charge on any atom is -0.487 e. The Kier molecular flexibility index (Phi) is 5.34. The van der Waals surface area contributed by atoms with Gasteiger partial charge in [0.25, 0.3) is 0 Å². The average Bonchev–Trinajstić information content (AvgIpc) is 2.60. The lowest BCUT2D eigenvalue weighted by molar-refractivity contribution is -0.150. The van der Waals surface area contributed by atoms with Crippen molar-refractivity contribution in [1.29, 1.82) is 0 Å². The smallest absolute Gasteiger partial charge is 0.200 e. The molecule has 1 aromatic carbocycles. The number of likely N-dealkylation sites (tertiary alicyclic amines) is 1. The molecule has 0 radical (unpaired) electrons. The van der Waals surface area contributed by atoms with Crippen LogP contribution in [0, 0.1) is 11.6 Å². The third kappa shape index (κ3) is 3.69. The summed E-state index contributed by atoms with van der Waals surface area (Å²) < 4.78 is 37.6. The highest BCUT2D eigenvalue weighted by Gasteiger charge is 2.44. The molecular weight excluding hydrogens is 320 g/mol. The van der Waals surface area contributed by atoms with E-state index in [1.54, 1.807) is 0 Å². The van der Waals surface area contributed by atoms with Gasteiger partial charge in [0, 0.05) is 32.3 Å². The minimum atomic E-state index is -1.52. The fraction of sp³-hybridized carbons (Fsp3) is 0.647. The number of hydrogen-bond donors (Lipinski definition) is 2. The fourth-order valence-electron chi connectivity index (χ4n) is 3.39. The topological polar surface area (TPSA) is 62.2 Å².